The number of hydrogen-bond acceptors (Lipinski definition) is 2. The van der Waals surface area contributed by atoms with E-state index in [1.165, 1.54) is 38.9 Å². The van der Waals surface area contributed by atoms with Crippen LogP contribution in [0.15, 0.2) is 0 Å². The molecule has 1 N–H and O–H groups in total. The molecule has 3 unspecified atom stereocenters. The van der Waals surface area contributed by atoms with Crippen molar-refractivity contribution in [1.29, 1.82) is 0 Å². The first-order chi connectivity index (χ1) is 7.17. The molecule has 0 radical (unpaired) electrons. The van der Waals surface area contributed by atoms with Gasteiger partial charge < -0.3 is 5.32 Å². The van der Waals surface area contributed by atoms with Crippen LogP contribution in [-0.4, -0.2) is 36.6 Å². The van der Waals surface area contributed by atoms with Gasteiger partial charge in [-0.3, -0.25) is 4.90 Å². The van der Waals surface area contributed by atoms with Crippen LogP contribution in [0.2, 0.25) is 0 Å². The quantitative estimate of drug-likeness (QED) is 0.753. The molecule has 2 heteroatoms. The van der Waals surface area contributed by atoms with Gasteiger partial charge in [-0.25, -0.2) is 0 Å². The minimum absolute atomic E-state index is 0.725. The van der Waals surface area contributed by atoms with Crippen LogP contribution < -0.4 is 5.32 Å². The van der Waals surface area contributed by atoms with Crippen molar-refractivity contribution in [3.05, 3.63) is 0 Å². The Morgan fingerprint density at radius 3 is 2.67 bits per heavy atom. The highest BCUT2D eigenvalue weighted by atomic mass is 15.2. The first-order valence-electron chi connectivity index (χ1n) is 6.64. The first kappa shape index (κ1) is 13.0. The van der Waals surface area contributed by atoms with Gasteiger partial charge in [-0.15, -0.1) is 0 Å². The van der Waals surface area contributed by atoms with Gasteiger partial charge in [0.05, 0.1) is 0 Å². The Kier molecular flexibility index (Phi) is 5.62. The zero-order valence-corrected chi connectivity index (χ0v) is 10.9. The van der Waals surface area contributed by atoms with E-state index in [2.05, 4.69) is 37.9 Å². The summed E-state index contributed by atoms with van der Waals surface area (Å²) in [6.07, 6.45) is 3.87. The highest BCUT2D eigenvalue weighted by Crippen LogP contribution is 2.19. The molecule has 15 heavy (non-hydrogen) atoms. The lowest BCUT2D eigenvalue weighted by atomic mass is 9.94. The van der Waals surface area contributed by atoms with E-state index in [-0.39, 0.29) is 0 Å². The lowest BCUT2D eigenvalue weighted by Gasteiger charge is -2.40. The second-order valence-corrected chi connectivity index (χ2v) is 5.20. The largest absolute Gasteiger partial charge is 0.313 e. The fourth-order valence-electron chi connectivity index (χ4n) is 2.51. The third-order valence-electron chi connectivity index (χ3n) is 3.59. The Labute approximate surface area is 95.4 Å². The Morgan fingerprint density at radius 2 is 2.07 bits per heavy atom. The summed E-state index contributed by atoms with van der Waals surface area (Å²) >= 11 is 0. The maximum atomic E-state index is 3.67. The third-order valence-corrected chi connectivity index (χ3v) is 3.59. The average molecular weight is 212 g/mol. The monoisotopic (exact) mass is 212 g/mol. The van der Waals surface area contributed by atoms with E-state index in [1.807, 2.05) is 0 Å². The maximum Gasteiger partial charge on any atom is 0.0198 e. The van der Waals surface area contributed by atoms with E-state index in [1.54, 1.807) is 0 Å². The average Bonchev–Trinajstić information content (AvgIpc) is 2.24. The molecule has 0 saturated carbocycles. The summed E-state index contributed by atoms with van der Waals surface area (Å²) in [5.74, 6) is 0.849. The third kappa shape index (κ3) is 4.12. The summed E-state index contributed by atoms with van der Waals surface area (Å²) in [4.78, 5) is 2.65. The van der Waals surface area contributed by atoms with Crippen molar-refractivity contribution in [2.75, 3.05) is 19.6 Å². The number of piperidine rings is 1. The number of likely N-dealkylation sites (tertiary alicyclic amines) is 1. The minimum atomic E-state index is 0.725. The molecule has 0 aromatic heterocycles. The fourth-order valence-corrected chi connectivity index (χ4v) is 2.51. The predicted octanol–water partition coefficient (Wildman–Crippen LogP) is 2.49. The highest BCUT2D eigenvalue weighted by Gasteiger charge is 2.26. The van der Waals surface area contributed by atoms with E-state index >= 15 is 0 Å². The Morgan fingerprint density at radius 1 is 1.33 bits per heavy atom. The molecular weight excluding hydrogens is 184 g/mol. The van der Waals surface area contributed by atoms with E-state index in [0.717, 1.165) is 18.0 Å². The predicted molar refractivity (Wildman–Crippen MR) is 67.2 cm³/mol. The van der Waals surface area contributed by atoms with Gasteiger partial charge >= 0.3 is 0 Å². The van der Waals surface area contributed by atoms with Crippen LogP contribution in [0.4, 0.5) is 0 Å². The van der Waals surface area contributed by atoms with E-state index in [0.29, 0.717) is 0 Å². The highest BCUT2D eigenvalue weighted by molar-refractivity contribution is 4.83. The van der Waals surface area contributed by atoms with Gasteiger partial charge in [-0.2, -0.15) is 0 Å². The van der Waals surface area contributed by atoms with Crippen molar-refractivity contribution < 1.29 is 0 Å². The lowest BCUT2D eigenvalue weighted by molar-refractivity contribution is 0.109. The molecule has 1 fully saturated rings. The van der Waals surface area contributed by atoms with Crippen LogP contribution in [0.5, 0.6) is 0 Å². The summed E-state index contributed by atoms with van der Waals surface area (Å²) < 4.78 is 0. The van der Waals surface area contributed by atoms with Crippen molar-refractivity contribution in [1.82, 2.24) is 10.2 Å². The fraction of sp³-hybridized carbons (Fsp3) is 1.00. The smallest absolute Gasteiger partial charge is 0.0198 e. The van der Waals surface area contributed by atoms with E-state index in [4.69, 9.17) is 0 Å². The van der Waals surface area contributed by atoms with Gasteiger partial charge in [0, 0.05) is 25.2 Å². The van der Waals surface area contributed by atoms with Gasteiger partial charge in [-0.1, -0.05) is 20.8 Å². The van der Waals surface area contributed by atoms with Gasteiger partial charge in [0.15, 0.2) is 0 Å². The zero-order valence-electron chi connectivity index (χ0n) is 10.9. The van der Waals surface area contributed by atoms with Crippen LogP contribution in [0.25, 0.3) is 0 Å². The number of nitrogens with one attached hydrogen (secondary N) is 1. The van der Waals surface area contributed by atoms with Crippen molar-refractivity contribution in [2.45, 2.75) is 59.0 Å². The Balaban J connectivity index is 2.40. The molecule has 90 valence electrons. The molecule has 0 aromatic carbocycles. The molecule has 1 rings (SSSR count). The number of hydrogen-bond donors (Lipinski definition) is 1. The molecule has 1 heterocycles. The molecule has 0 spiro atoms. The summed E-state index contributed by atoms with van der Waals surface area (Å²) in [5.41, 5.74) is 0. The van der Waals surface area contributed by atoms with Crippen LogP contribution in [-0.2, 0) is 0 Å². The van der Waals surface area contributed by atoms with Gasteiger partial charge in [0.2, 0.25) is 0 Å². The van der Waals surface area contributed by atoms with Crippen molar-refractivity contribution in [3.63, 3.8) is 0 Å². The molecule has 0 bridgehead atoms. The van der Waals surface area contributed by atoms with Crippen LogP contribution >= 0.6 is 0 Å². The second kappa shape index (κ2) is 6.49. The topological polar surface area (TPSA) is 15.3 Å². The van der Waals surface area contributed by atoms with Crippen molar-refractivity contribution >= 4 is 0 Å². The summed E-state index contributed by atoms with van der Waals surface area (Å²) in [6.45, 7) is 13.0. The van der Waals surface area contributed by atoms with E-state index < -0.39 is 0 Å². The molecular formula is C13H28N2. The van der Waals surface area contributed by atoms with Gasteiger partial charge in [0.25, 0.3) is 0 Å². The molecule has 2 nitrogen and oxygen atoms in total. The van der Waals surface area contributed by atoms with Crippen molar-refractivity contribution in [3.8, 4) is 0 Å². The molecule has 1 aliphatic heterocycles. The van der Waals surface area contributed by atoms with Crippen LogP contribution in [0.3, 0.4) is 0 Å². The zero-order chi connectivity index (χ0) is 11.3. The first-order valence-corrected chi connectivity index (χ1v) is 6.64. The maximum absolute atomic E-state index is 3.67. The Hall–Kier alpha value is -0.0800. The molecule has 0 aromatic rings. The molecule has 0 aliphatic carbocycles. The summed E-state index contributed by atoms with van der Waals surface area (Å²) in [5, 5.41) is 3.67. The number of rotatable bonds is 5. The number of nitrogens with zero attached hydrogens (tertiary/aromatic N) is 1. The lowest BCUT2D eigenvalue weighted by Crippen LogP contribution is -2.51. The molecule has 1 aliphatic rings. The minimum Gasteiger partial charge on any atom is -0.313 e. The normalized spacial score (nSPS) is 30.4. The van der Waals surface area contributed by atoms with Crippen LogP contribution in [0, 0.1) is 5.92 Å². The SMILES string of the molecule is CCCNC1CC(C)CN(C(C)CC)C1. The molecule has 3 atom stereocenters. The van der Waals surface area contributed by atoms with Gasteiger partial charge in [-0.05, 0) is 38.6 Å². The Bertz CT molecular complexity index is 170. The summed E-state index contributed by atoms with van der Waals surface area (Å²) in [6, 6.07) is 1.47. The second-order valence-electron chi connectivity index (χ2n) is 5.20. The van der Waals surface area contributed by atoms with Crippen molar-refractivity contribution in [2.24, 2.45) is 5.92 Å². The van der Waals surface area contributed by atoms with Crippen LogP contribution in [0.1, 0.15) is 47.0 Å². The van der Waals surface area contributed by atoms with E-state index in [9.17, 15) is 0 Å². The molecule has 1 saturated heterocycles. The standard InChI is InChI=1S/C13H28N2/c1-5-7-14-13-8-11(3)9-15(10-13)12(4)6-2/h11-14H,5-10H2,1-4H3. The van der Waals surface area contributed by atoms with Gasteiger partial charge in [0.1, 0.15) is 0 Å². The molecule has 0 amide bonds. The summed E-state index contributed by atoms with van der Waals surface area (Å²) in [7, 11) is 0.